The highest BCUT2D eigenvalue weighted by Gasteiger charge is 2.47. The van der Waals surface area contributed by atoms with E-state index < -0.39 is 195 Å². The quantitative estimate of drug-likeness (QED) is 0.0888. The van der Waals surface area contributed by atoms with Gasteiger partial charge in [-0.3, -0.25) is 0 Å². The molecule has 0 unspecified atom stereocenters. The maximum absolute atomic E-state index is 14.2. The van der Waals surface area contributed by atoms with Gasteiger partial charge in [-0.15, -0.1) is 0 Å². The number of pyridine rings is 1. The summed E-state index contributed by atoms with van der Waals surface area (Å²) in [6.07, 6.45) is -50.8. The zero-order valence-corrected chi connectivity index (χ0v) is 36.5. The lowest BCUT2D eigenvalue weighted by Gasteiger charge is -2.46. The Morgan fingerprint density at radius 3 is 0.853 bits per heavy atom. The second-order valence-corrected chi connectivity index (χ2v) is 16.6. The molecule has 27 heteroatoms. The van der Waals surface area contributed by atoms with Gasteiger partial charge in [0.25, 0.3) is 0 Å². The van der Waals surface area contributed by atoms with E-state index in [1.54, 1.807) is 6.07 Å². The van der Waals surface area contributed by atoms with E-state index in [1.165, 1.54) is 11.6 Å². The van der Waals surface area contributed by atoms with Gasteiger partial charge >= 0.3 is 49.4 Å². The molecule has 6 aromatic carbocycles. The van der Waals surface area contributed by atoms with Crippen LogP contribution in [0, 0.1) is 5.82 Å². The van der Waals surface area contributed by atoms with Gasteiger partial charge in [0.1, 0.15) is 12.0 Å². The zero-order chi connectivity index (χ0) is 56.3. The first-order valence-electron chi connectivity index (χ1n) is 20.6. The summed E-state index contributed by atoms with van der Waals surface area (Å²) in [5.41, 5.74) is -29.0. The van der Waals surface area contributed by atoms with E-state index in [-0.39, 0.29) is 5.82 Å². The SMILES string of the molecule is FC(F)(F)c1cc([B-](c2cc(C(F)(F)F)cc(C(F)(F)F)c2)(c2cc(C(F)(F)F)cc(C(F)(F)F)c2)c2cc(C(F)(F)F)cc(C(F)(F)F)c2)cc(C(F)(F)F)c1.Fc1ccc2c[n+](Cc3ccccc3)ccc2c1. The number of hydrogen-bond acceptors (Lipinski definition) is 0. The van der Waals surface area contributed by atoms with Gasteiger partial charge in [-0.05, 0) is 47.9 Å². The van der Waals surface area contributed by atoms with Crippen LogP contribution in [0.1, 0.15) is 50.1 Å². The van der Waals surface area contributed by atoms with E-state index in [1.807, 2.05) is 42.7 Å². The molecule has 0 atom stereocenters. The minimum absolute atomic E-state index is 0.191. The molecule has 0 aliphatic heterocycles. The molecule has 7 rings (SSSR count). The molecule has 0 amide bonds. The molecular weight excluding hydrogens is 1080 g/mol. The Balaban J connectivity index is 0.000000421. The van der Waals surface area contributed by atoms with Crippen molar-refractivity contribution >= 4 is 38.8 Å². The fourth-order valence-corrected chi connectivity index (χ4v) is 8.17. The normalized spacial score (nSPS) is 13.5. The maximum atomic E-state index is 14.2. The summed E-state index contributed by atoms with van der Waals surface area (Å²) >= 11 is 0. The molecule has 0 fully saturated rings. The standard InChI is InChI=1S/C32H12BF24.C16H13FN/c34-25(35,36)13-1-14(26(37,38)39)6-21(5-13)33(22-7-15(27(40,41)42)2-16(8-22)28(43,44)45,23-9-17(29(46,47)48)3-18(10-23)30(49,50)51)24-11-19(31(52,53)54)4-20(12-24)32(55,56)57;17-16-7-6-15-12-18(9-8-14(15)10-16)11-13-4-2-1-3-5-13/h1-12H;1-10,12H,11H2/q-1;+1. The molecule has 0 aliphatic carbocycles. The van der Waals surface area contributed by atoms with E-state index >= 15 is 0 Å². The van der Waals surface area contributed by atoms with Crippen LogP contribution in [0.15, 0.2) is 140 Å². The highest BCUT2D eigenvalue weighted by Crippen LogP contribution is 2.41. The van der Waals surface area contributed by atoms with Gasteiger partial charge in [-0.2, -0.15) is 127 Å². The van der Waals surface area contributed by atoms with Crippen molar-refractivity contribution in [1.29, 1.82) is 0 Å². The maximum Gasteiger partial charge on any atom is 0.416 e. The fraction of sp³-hybridized carbons (Fsp3) is 0.188. The zero-order valence-electron chi connectivity index (χ0n) is 36.5. The number of rotatable bonds is 6. The Morgan fingerprint density at radius 1 is 0.307 bits per heavy atom. The Bertz CT molecular complexity index is 2750. The fourth-order valence-electron chi connectivity index (χ4n) is 8.17. The molecule has 0 aliphatic rings. The van der Waals surface area contributed by atoms with Crippen molar-refractivity contribution in [1.82, 2.24) is 0 Å². The second-order valence-electron chi connectivity index (χ2n) is 16.6. The molecule has 1 aromatic heterocycles. The van der Waals surface area contributed by atoms with Crippen LogP contribution in [0.25, 0.3) is 10.8 Å². The van der Waals surface area contributed by atoms with Gasteiger partial charge in [0.05, 0.1) is 44.5 Å². The van der Waals surface area contributed by atoms with Crippen LogP contribution in [0.4, 0.5) is 110 Å². The molecular formula is C48H25BF25N. The minimum Gasteiger partial charge on any atom is -0.207 e. The lowest BCUT2D eigenvalue weighted by molar-refractivity contribution is -0.687. The lowest BCUT2D eigenvalue weighted by atomic mass is 9.12. The van der Waals surface area contributed by atoms with E-state index in [4.69, 9.17) is 0 Å². The van der Waals surface area contributed by atoms with Crippen molar-refractivity contribution in [3.63, 3.8) is 0 Å². The van der Waals surface area contributed by atoms with Gasteiger partial charge in [0.2, 0.25) is 0 Å². The van der Waals surface area contributed by atoms with Gasteiger partial charge in [-0.1, -0.05) is 78.9 Å². The first-order valence-corrected chi connectivity index (χ1v) is 20.6. The lowest BCUT2D eigenvalue weighted by Crippen LogP contribution is -2.75. The highest BCUT2D eigenvalue weighted by molar-refractivity contribution is 7.20. The summed E-state index contributed by atoms with van der Waals surface area (Å²) in [6.45, 7) is 0.828. The molecule has 0 bridgehead atoms. The van der Waals surface area contributed by atoms with Crippen molar-refractivity contribution < 1.29 is 114 Å². The topological polar surface area (TPSA) is 3.88 Å². The summed E-state index contributed by atoms with van der Waals surface area (Å²) < 4.78 is 356. The minimum atomic E-state index is -6.13. The van der Waals surface area contributed by atoms with Gasteiger partial charge < -0.3 is 0 Å². The van der Waals surface area contributed by atoms with Gasteiger partial charge in [0.15, 0.2) is 18.9 Å². The van der Waals surface area contributed by atoms with Crippen LogP contribution in [-0.4, -0.2) is 6.15 Å². The summed E-state index contributed by atoms with van der Waals surface area (Å²) in [7, 11) is 0. The third kappa shape index (κ3) is 13.1. The highest BCUT2D eigenvalue weighted by atomic mass is 19.4. The number of alkyl halides is 24. The summed E-state index contributed by atoms with van der Waals surface area (Å²) in [6, 6.07) is 8.28. The molecule has 1 nitrogen and oxygen atoms in total. The molecule has 0 N–H and O–H groups in total. The van der Waals surface area contributed by atoms with E-state index in [2.05, 4.69) is 16.7 Å². The Labute approximate surface area is 404 Å². The Hall–Kier alpha value is -6.96. The van der Waals surface area contributed by atoms with Gasteiger partial charge in [-0.25, -0.2) is 8.96 Å². The first kappa shape index (κ1) is 57.3. The van der Waals surface area contributed by atoms with E-state index in [9.17, 15) is 110 Å². The van der Waals surface area contributed by atoms with Crippen LogP contribution in [0.5, 0.6) is 0 Å². The van der Waals surface area contributed by atoms with Crippen molar-refractivity contribution in [3.05, 3.63) is 196 Å². The number of halogens is 25. The Morgan fingerprint density at radius 2 is 0.587 bits per heavy atom. The predicted octanol–water partition coefficient (Wildman–Crippen LogP) is 14.5. The van der Waals surface area contributed by atoms with Crippen LogP contribution in [0.3, 0.4) is 0 Å². The third-order valence-corrected chi connectivity index (χ3v) is 11.4. The van der Waals surface area contributed by atoms with Crippen LogP contribution in [0.2, 0.25) is 0 Å². The van der Waals surface area contributed by atoms with Crippen molar-refractivity contribution in [2.24, 2.45) is 0 Å². The predicted molar refractivity (Wildman–Crippen MR) is 220 cm³/mol. The smallest absolute Gasteiger partial charge is 0.207 e. The first-order chi connectivity index (χ1) is 34.1. The number of hydrogen-bond donors (Lipinski definition) is 0. The summed E-state index contributed by atoms with van der Waals surface area (Å²) in [5.74, 6) is -0.191. The number of benzene rings is 6. The van der Waals surface area contributed by atoms with Crippen molar-refractivity contribution in [2.45, 2.75) is 56.0 Å². The average molecular weight is 1100 g/mol. The van der Waals surface area contributed by atoms with Crippen molar-refractivity contribution in [3.8, 4) is 0 Å². The molecule has 75 heavy (non-hydrogen) atoms. The molecule has 7 aromatic rings. The monoisotopic (exact) mass is 1100 g/mol. The molecule has 1 heterocycles. The largest absolute Gasteiger partial charge is 0.416 e. The molecule has 0 saturated heterocycles. The van der Waals surface area contributed by atoms with Crippen molar-refractivity contribution in [2.75, 3.05) is 0 Å². The van der Waals surface area contributed by atoms with Crippen LogP contribution in [-0.2, 0) is 56.0 Å². The van der Waals surface area contributed by atoms with Crippen LogP contribution < -0.4 is 26.4 Å². The molecule has 400 valence electrons. The van der Waals surface area contributed by atoms with Gasteiger partial charge in [0, 0.05) is 17.0 Å². The summed E-state index contributed by atoms with van der Waals surface area (Å²) in [5, 5.41) is 1.98. The number of nitrogens with zero attached hydrogens (tertiary/aromatic N) is 1. The van der Waals surface area contributed by atoms with E-state index in [0.717, 1.165) is 17.3 Å². The molecule has 0 radical (unpaired) electrons. The summed E-state index contributed by atoms with van der Waals surface area (Å²) in [4.78, 5) is 0. The molecule has 0 spiro atoms. The van der Waals surface area contributed by atoms with E-state index in [0.29, 0.717) is 0 Å². The third-order valence-electron chi connectivity index (χ3n) is 11.4. The average Bonchev–Trinajstić information content (AvgIpc) is 3.27. The molecule has 0 saturated carbocycles. The Kier molecular flexibility index (Phi) is 15.0. The second kappa shape index (κ2) is 19.6. The number of fused-ring (bicyclic) bond motifs is 1. The van der Waals surface area contributed by atoms with Crippen LogP contribution >= 0.6 is 0 Å². The number of aromatic nitrogens is 1.